The highest BCUT2D eigenvalue weighted by atomic mass is 16.5. The molecule has 0 aliphatic heterocycles. The minimum absolute atomic E-state index is 0.0195. The van der Waals surface area contributed by atoms with E-state index in [4.69, 9.17) is 9.84 Å². The van der Waals surface area contributed by atoms with Gasteiger partial charge in [0.2, 0.25) is 5.91 Å². The Balaban J connectivity index is 3.52. The van der Waals surface area contributed by atoms with E-state index in [-0.39, 0.29) is 25.2 Å². The molecule has 0 aliphatic carbocycles. The summed E-state index contributed by atoms with van der Waals surface area (Å²) < 4.78 is 4.89. The Hall–Kier alpha value is -0.610. The highest BCUT2D eigenvalue weighted by Crippen LogP contribution is 1.88. The normalized spacial score (nSPS) is 12.6. The van der Waals surface area contributed by atoms with Gasteiger partial charge < -0.3 is 15.2 Å². The second-order valence-electron chi connectivity index (χ2n) is 2.49. The molecule has 12 heavy (non-hydrogen) atoms. The van der Waals surface area contributed by atoms with Crippen LogP contribution in [0, 0.1) is 0 Å². The van der Waals surface area contributed by atoms with E-state index in [0.29, 0.717) is 6.61 Å². The quantitative estimate of drug-likeness (QED) is 0.593. The van der Waals surface area contributed by atoms with E-state index in [1.807, 2.05) is 13.8 Å². The molecule has 0 radical (unpaired) electrons. The van der Waals surface area contributed by atoms with Gasteiger partial charge in [0.05, 0.1) is 12.6 Å². The summed E-state index contributed by atoms with van der Waals surface area (Å²) in [5, 5.41) is 11.4. The Labute approximate surface area is 72.9 Å². The maximum absolute atomic E-state index is 11.0. The molecule has 0 aliphatic rings. The lowest BCUT2D eigenvalue weighted by Gasteiger charge is -2.13. The van der Waals surface area contributed by atoms with Gasteiger partial charge in [-0.3, -0.25) is 4.79 Å². The Morgan fingerprint density at radius 1 is 1.58 bits per heavy atom. The average molecular weight is 175 g/mol. The summed E-state index contributed by atoms with van der Waals surface area (Å²) in [4.78, 5) is 11.0. The molecule has 0 saturated heterocycles. The standard InChI is InChI=1S/C8H17NO3/c1-3-7(5-10)9-8(11)6-12-4-2/h7,10H,3-6H2,1-2H3,(H,9,11)/t7-/m0/s1. The van der Waals surface area contributed by atoms with Crippen LogP contribution in [0.5, 0.6) is 0 Å². The molecule has 0 aromatic carbocycles. The molecule has 2 N–H and O–H groups in total. The second-order valence-corrected chi connectivity index (χ2v) is 2.49. The molecule has 0 bridgehead atoms. The predicted molar refractivity (Wildman–Crippen MR) is 45.8 cm³/mol. The maximum Gasteiger partial charge on any atom is 0.246 e. The van der Waals surface area contributed by atoms with E-state index in [1.54, 1.807) is 0 Å². The number of aliphatic hydroxyl groups is 1. The van der Waals surface area contributed by atoms with Gasteiger partial charge in [0.25, 0.3) is 0 Å². The molecule has 4 heteroatoms. The minimum atomic E-state index is -0.169. The first kappa shape index (κ1) is 11.4. The number of nitrogens with one attached hydrogen (secondary N) is 1. The molecule has 0 saturated carbocycles. The van der Waals surface area contributed by atoms with E-state index >= 15 is 0 Å². The SMILES string of the molecule is CCOCC(=O)N[C@@H](CC)CO. The van der Waals surface area contributed by atoms with Crippen LogP contribution < -0.4 is 5.32 Å². The molecule has 0 aromatic heterocycles. The zero-order chi connectivity index (χ0) is 9.40. The molecular formula is C8H17NO3. The number of carbonyl (C=O) groups is 1. The monoisotopic (exact) mass is 175 g/mol. The number of rotatable bonds is 6. The van der Waals surface area contributed by atoms with Gasteiger partial charge in [0, 0.05) is 6.61 Å². The van der Waals surface area contributed by atoms with Crippen molar-refractivity contribution in [2.75, 3.05) is 19.8 Å². The van der Waals surface area contributed by atoms with Crippen molar-refractivity contribution in [3.8, 4) is 0 Å². The van der Waals surface area contributed by atoms with Crippen LogP contribution in [-0.4, -0.2) is 36.9 Å². The topological polar surface area (TPSA) is 58.6 Å². The van der Waals surface area contributed by atoms with Gasteiger partial charge in [0.1, 0.15) is 6.61 Å². The van der Waals surface area contributed by atoms with Gasteiger partial charge in [0.15, 0.2) is 0 Å². The van der Waals surface area contributed by atoms with Gasteiger partial charge in [-0.25, -0.2) is 0 Å². The van der Waals surface area contributed by atoms with Gasteiger partial charge in [-0.15, -0.1) is 0 Å². The highest BCUT2D eigenvalue weighted by molar-refractivity contribution is 5.77. The molecule has 0 fully saturated rings. The summed E-state index contributed by atoms with van der Waals surface area (Å²) in [6.45, 7) is 4.32. The fourth-order valence-electron chi connectivity index (χ4n) is 0.741. The van der Waals surface area contributed by atoms with E-state index in [2.05, 4.69) is 5.32 Å². The molecule has 0 heterocycles. The number of hydrogen-bond donors (Lipinski definition) is 2. The number of carbonyl (C=O) groups excluding carboxylic acids is 1. The summed E-state index contributed by atoms with van der Waals surface area (Å²) >= 11 is 0. The van der Waals surface area contributed by atoms with E-state index in [9.17, 15) is 4.79 Å². The lowest BCUT2D eigenvalue weighted by molar-refractivity contribution is -0.126. The molecule has 1 amide bonds. The number of amides is 1. The van der Waals surface area contributed by atoms with Crippen molar-refractivity contribution >= 4 is 5.91 Å². The Morgan fingerprint density at radius 3 is 2.67 bits per heavy atom. The first-order chi connectivity index (χ1) is 5.74. The van der Waals surface area contributed by atoms with Crippen LogP contribution in [0.1, 0.15) is 20.3 Å². The maximum atomic E-state index is 11.0. The van der Waals surface area contributed by atoms with Crippen molar-refractivity contribution in [2.45, 2.75) is 26.3 Å². The molecule has 4 nitrogen and oxygen atoms in total. The fraction of sp³-hybridized carbons (Fsp3) is 0.875. The van der Waals surface area contributed by atoms with Crippen molar-refractivity contribution in [1.82, 2.24) is 5.32 Å². The van der Waals surface area contributed by atoms with Crippen LogP contribution in [0.4, 0.5) is 0 Å². The van der Waals surface area contributed by atoms with Crippen LogP contribution in [0.15, 0.2) is 0 Å². The lowest BCUT2D eigenvalue weighted by Crippen LogP contribution is -2.39. The molecule has 0 rings (SSSR count). The van der Waals surface area contributed by atoms with Gasteiger partial charge >= 0.3 is 0 Å². The first-order valence-corrected chi connectivity index (χ1v) is 4.22. The number of aliphatic hydroxyl groups excluding tert-OH is 1. The molecular weight excluding hydrogens is 158 g/mol. The molecule has 0 aromatic rings. The van der Waals surface area contributed by atoms with E-state index in [1.165, 1.54) is 0 Å². The molecule has 1 atom stereocenters. The minimum Gasteiger partial charge on any atom is -0.394 e. The Bertz CT molecular complexity index is 123. The fourth-order valence-corrected chi connectivity index (χ4v) is 0.741. The zero-order valence-corrected chi connectivity index (χ0v) is 7.67. The first-order valence-electron chi connectivity index (χ1n) is 4.22. The third-order valence-corrected chi connectivity index (χ3v) is 1.52. The van der Waals surface area contributed by atoms with Crippen molar-refractivity contribution in [3.05, 3.63) is 0 Å². The summed E-state index contributed by atoms with van der Waals surface area (Å²) in [5.74, 6) is -0.169. The van der Waals surface area contributed by atoms with Crippen LogP contribution in [0.2, 0.25) is 0 Å². The predicted octanol–water partition coefficient (Wildman–Crippen LogP) is -0.0900. The largest absolute Gasteiger partial charge is 0.394 e. The van der Waals surface area contributed by atoms with Crippen molar-refractivity contribution in [2.24, 2.45) is 0 Å². The van der Waals surface area contributed by atoms with Crippen LogP contribution in [0.25, 0.3) is 0 Å². The number of ether oxygens (including phenoxy) is 1. The Morgan fingerprint density at radius 2 is 2.25 bits per heavy atom. The van der Waals surface area contributed by atoms with Crippen LogP contribution >= 0.6 is 0 Å². The highest BCUT2D eigenvalue weighted by Gasteiger charge is 2.07. The molecule has 0 spiro atoms. The summed E-state index contributed by atoms with van der Waals surface area (Å²) in [6, 6.07) is -0.141. The summed E-state index contributed by atoms with van der Waals surface area (Å²) in [5.41, 5.74) is 0. The third kappa shape index (κ3) is 5.09. The van der Waals surface area contributed by atoms with Crippen molar-refractivity contribution in [1.29, 1.82) is 0 Å². The number of hydrogen-bond acceptors (Lipinski definition) is 3. The molecule has 72 valence electrons. The van der Waals surface area contributed by atoms with Crippen molar-refractivity contribution in [3.63, 3.8) is 0 Å². The zero-order valence-electron chi connectivity index (χ0n) is 7.67. The van der Waals surface area contributed by atoms with Gasteiger partial charge in [-0.2, -0.15) is 0 Å². The van der Waals surface area contributed by atoms with Gasteiger partial charge in [-0.05, 0) is 13.3 Å². The van der Waals surface area contributed by atoms with Crippen LogP contribution in [-0.2, 0) is 9.53 Å². The van der Waals surface area contributed by atoms with E-state index < -0.39 is 0 Å². The Kier molecular flexibility index (Phi) is 6.70. The van der Waals surface area contributed by atoms with Crippen LogP contribution in [0.3, 0.4) is 0 Å². The summed E-state index contributed by atoms with van der Waals surface area (Å²) in [6.07, 6.45) is 0.731. The van der Waals surface area contributed by atoms with Crippen molar-refractivity contribution < 1.29 is 14.6 Å². The average Bonchev–Trinajstić information content (AvgIpc) is 2.10. The summed E-state index contributed by atoms with van der Waals surface area (Å²) in [7, 11) is 0. The van der Waals surface area contributed by atoms with E-state index in [0.717, 1.165) is 6.42 Å². The second kappa shape index (κ2) is 7.06. The molecule has 0 unspecified atom stereocenters. The third-order valence-electron chi connectivity index (χ3n) is 1.52. The lowest BCUT2D eigenvalue weighted by atomic mass is 10.2. The van der Waals surface area contributed by atoms with Gasteiger partial charge in [-0.1, -0.05) is 6.92 Å². The smallest absolute Gasteiger partial charge is 0.246 e.